The standard InChI is InChI=1S/C19H16ClN3O4/c1-10-17(23(26)27)8-6-14-12-3-2-4-13(12)19(21-18(10)14)15-9-11(22(24)25)5-7-16(15)20/h2-3,5-9,12-13,19,21H,4H2,1H3. The molecule has 0 radical (unpaired) electrons. The Kier molecular flexibility index (Phi) is 4.11. The quantitative estimate of drug-likeness (QED) is 0.439. The maximum absolute atomic E-state index is 11.3. The van der Waals surface area contributed by atoms with Crippen molar-refractivity contribution < 1.29 is 9.85 Å². The van der Waals surface area contributed by atoms with E-state index in [1.54, 1.807) is 19.1 Å². The average Bonchev–Trinajstić information content (AvgIpc) is 3.11. The number of halogens is 1. The first kappa shape index (κ1) is 17.5. The molecule has 3 atom stereocenters. The zero-order valence-electron chi connectivity index (χ0n) is 14.4. The molecule has 0 saturated carbocycles. The Morgan fingerprint density at radius 2 is 1.89 bits per heavy atom. The monoisotopic (exact) mass is 385 g/mol. The Labute approximate surface area is 160 Å². The summed E-state index contributed by atoms with van der Waals surface area (Å²) in [6.07, 6.45) is 4.99. The first-order valence-corrected chi connectivity index (χ1v) is 8.91. The predicted molar refractivity (Wildman–Crippen MR) is 102 cm³/mol. The summed E-state index contributed by atoms with van der Waals surface area (Å²) in [6.45, 7) is 1.72. The van der Waals surface area contributed by atoms with Crippen molar-refractivity contribution in [3.05, 3.63) is 84.4 Å². The molecular weight excluding hydrogens is 370 g/mol. The van der Waals surface area contributed by atoms with Crippen molar-refractivity contribution in [1.82, 2.24) is 0 Å². The van der Waals surface area contributed by atoms with Crippen LogP contribution in [0.25, 0.3) is 0 Å². The molecule has 2 aromatic rings. The Morgan fingerprint density at radius 1 is 1.11 bits per heavy atom. The van der Waals surface area contributed by atoms with E-state index in [9.17, 15) is 20.2 Å². The van der Waals surface area contributed by atoms with Crippen LogP contribution in [0.15, 0.2) is 42.5 Å². The number of nitrogens with zero attached hydrogens (tertiary/aromatic N) is 2. The summed E-state index contributed by atoms with van der Waals surface area (Å²) < 4.78 is 0. The number of benzene rings is 2. The summed E-state index contributed by atoms with van der Waals surface area (Å²) in [5.74, 6) is 0.221. The second kappa shape index (κ2) is 6.35. The second-order valence-electron chi connectivity index (χ2n) is 6.87. The predicted octanol–water partition coefficient (Wildman–Crippen LogP) is 5.29. The fraction of sp³-hybridized carbons (Fsp3) is 0.263. The lowest BCUT2D eigenvalue weighted by Crippen LogP contribution is -2.30. The van der Waals surface area contributed by atoms with E-state index in [1.165, 1.54) is 18.2 Å². The molecule has 4 rings (SSSR count). The van der Waals surface area contributed by atoms with Gasteiger partial charge in [0.2, 0.25) is 0 Å². The Hall–Kier alpha value is -2.93. The Balaban J connectivity index is 1.86. The first-order valence-electron chi connectivity index (χ1n) is 8.53. The van der Waals surface area contributed by atoms with Gasteiger partial charge in [0.1, 0.15) is 0 Å². The molecule has 0 spiro atoms. The van der Waals surface area contributed by atoms with Gasteiger partial charge in [0, 0.05) is 40.4 Å². The van der Waals surface area contributed by atoms with Crippen molar-refractivity contribution in [2.24, 2.45) is 5.92 Å². The van der Waals surface area contributed by atoms with Crippen LogP contribution in [-0.4, -0.2) is 9.85 Å². The van der Waals surface area contributed by atoms with Crippen LogP contribution >= 0.6 is 11.6 Å². The zero-order chi connectivity index (χ0) is 19.3. The number of anilines is 1. The smallest absolute Gasteiger partial charge is 0.274 e. The maximum Gasteiger partial charge on any atom is 0.274 e. The SMILES string of the molecule is Cc1c([N+](=O)[O-])ccc2c1NC(c1cc([N+](=O)[O-])ccc1Cl)C1CC=CC21. The van der Waals surface area contributed by atoms with Gasteiger partial charge in [-0.15, -0.1) is 0 Å². The summed E-state index contributed by atoms with van der Waals surface area (Å²) >= 11 is 6.38. The van der Waals surface area contributed by atoms with Gasteiger partial charge in [-0.05, 0) is 37.0 Å². The van der Waals surface area contributed by atoms with Gasteiger partial charge in [-0.25, -0.2) is 0 Å². The highest BCUT2D eigenvalue weighted by atomic mass is 35.5. The second-order valence-corrected chi connectivity index (χ2v) is 7.28. The molecule has 2 aromatic carbocycles. The largest absolute Gasteiger partial charge is 0.377 e. The van der Waals surface area contributed by atoms with Crippen LogP contribution in [-0.2, 0) is 0 Å². The van der Waals surface area contributed by atoms with E-state index in [0.29, 0.717) is 21.8 Å². The molecule has 0 fully saturated rings. The van der Waals surface area contributed by atoms with Gasteiger partial charge in [-0.3, -0.25) is 20.2 Å². The van der Waals surface area contributed by atoms with Crippen LogP contribution in [0.2, 0.25) is 5.02 Å². The van der Waals surface area contributed by atoms with E-state index in [2.05, 4.69) is 17.5 Å². The topological polar surface area (TPSA) is 98.3 Å². The number of nitrogens with one attached hydrogen (secondary N) is 1. The lowest BCUT2D eigenvalue weighted by Gasteiger charge is -2.38. The molecule has 8 heteroatoms. The van der Waals surface area contributed by atoms with E-state index >= 15 is 0 Å². The van der Waals surface area contributed by atoms with Crippen molar-refractivity contribution >= 4 is 28.7 Å². The lowest BCUT2D eigenvalue weighted by atomic mass is 9.76. The molecule has 1 heterocycles. The number of hydrogen-bond donors (Lipinski definition) is 1. The number of hydrogen-bond acceptors (Lipinski definition) is 5. The van der Waals surface area contributed by atoms with E-state index in [0.717, 1.165) is 12.0 Å². The van der Waals surface area contributed by atoms with Crippen LogP contribution in [0.4, 0.5) is 17.1 Å². The first-order chi connectivity index (χ1) is 12.9. The normalized spacial score (nSPS) is 22.7. The Bertz CT molecular complexity index is 1000. The molecule has 27 heavy (non-hydrogen) atoms. The molecule has 138 valence electrons. The molecule has 0 amide bonds. The molecular formula is C19H16ClN3O4. The fourth-order valence-corrected chi connectivity index (χ4v) is 4.43. The van der Waals surface area contributed by atoms with Gasteiger partial charge < -0.3 is 5.32 Å². The summed E-state index contributed by atoms with van der Waals surface area (Å²) in [5.41, 5.74) is 2.94. The molecule has 1 aliphatic carbocycles. The molecule has 7 nitrogen and oxygen atoms in total. The van der Waals surface area contributed by atoms with Gasteiger partial charge in [-0.1, -0.05) is 23.8 Å². The van der Waals surface area contributed by atoms with Gasteiger partial charge in [0.25, 0.3) is 11.4 Å². The van der Waals surface area contributed by atoms with Gasteiger partial charge in [0.05, 0.1) is 21.5 Å². The summed E-state index contributed by atoms with van der Waals surface area (Å²) in [4.78, 5) is 21.7. The van der Waals surface area contributed by atoms with Gasteiger partial charge in [0.15, 0.2) is 0 Å². The van der Waals surface area contributed by atoms with Crippen LogP contribution in [0.3, 0.4) is 0 Å². The zero-order valence-corrected chi connectivity index (χ0v) is 15.1. The van der Waals surface area contributed by atoms with E-state index in [4.69, 9.17) is 11.6 Å². The number of nitro groups is 2. The third-order valence-electron chi connectivity index (χ3n) is 5.49. The van der Waals surface area contributed by atoms with Crippen LogP contribution < -0.4 is 5.32 Å². The molecule has 3 unspecified atom stereocenters. The number of allylic oxidation sites excluding steroid dienone is 2. The minimum Gasteiger partial charge on any atom is -0.377 e. The van der Waals surface area contributed by atoms with Gasteiger partial charge >= 0.3 is 0 Å². The number of rotatable bonds is 3. The molecule has 0 bridgehead atoms. The summed E-state index contributed by atoms with van der Waals surface area (Å²) in [7, 11) is 0. The van der Waals surface area contributed by atoms with Crippen LogP contribution in [0, 0.1) is 33.1 Å². The molecule has 0 aromatic heterocycles. The summed E-state index contributed by atoms with van der Waals surface area (Å²) in [6, 6.07) is 7.47. The van der Waals surface area contributed by atoms with E-state index in [1.807, 2.05) is 0 Å². The van der Waals surface area contributed by atoms with Gasteiger partial charge in [-0.2, -0.15) is 0 Å². The Morgan fingerprint density at radius 3 is 2.59 bits per heavy atom. The van der Waals surface area contributed by atoms with Crippen molar-refractivity contribution in [2.75, 3.05) is 5.32 Å². The van der Waals surface area contributed by atoms with Crippen molar-refractivity contribution in [3.8, 4) is 0 Å². The van der Waals surface area contributed by atoms with E-state index < -0.39 is 9.85 Å². The number of nitro benzene ring substituents is 2. The maximum atomic E-state index is 11.3. The minimum absolute atomic E-state index is 0.0275. The molecule has 2 aliphatic rings. The average molecular weight is 386 g/mol. The lowest BCUT2D eigenvalue weighted by molar-refractivity contribution is -0.385. The van der Waals surface area contributed by atoms with Crippen molar-refractivity contribution in [3.63, 3.8) is 0 Å². The fourth-order valence-electron chi connectivity index (χ4n) is 4.19. The minimum atomic E-state index is -0.447. The van der Waals surface area contributed by atoms with Crippen LogP contribution in [0.1, 0.15) is 35.1 Å². The third-order valence-corrected chi connectivity index (χ3v) is 5.84. The van der Waals surface area contributed by atoms with Crippen molar-refractivity contribution in [1.29, 1.82) is 0 Å². The molecule has 1 N–H and O–H groups in total. The highest BCUT2D eigenvalue weighted by Crippen LogP contribution is 2.52. The van der Waals surface area contributed by atoms with Crippen LogP contribution in [0.5, 0.6) is 0 Å². The number of non-ortho nitro benzene ring substituents is 1. The van der Waals surface area contributed by atoms with Crippen molar-refractivity contribution in [2.45, 2.75) is 25.3 Å². The number of fused-ring (bicyclic) bond motifs is 3. The molecule has 1 aliphatic heterocycles. The van der Waals surface area contributed by atoms with E-state index in [-0.39, 0.29) is 29.3 Å². The third kappa shape index (κ3) is 2.75. The highest BCUT2D eigenvalue weighted by Gasteiger charge is 2.40. The highest BCUT2D eigenvalue weighted by molar-refractivity contribution is 6.31. The summed E-state index contributed by atoms with van der Waals surface area (Å²) in [5, 5.41) is 26.4. The molecule has 0 saturated heterocycles.